The van der Waals surface area contributed by atoms with Crippen LogP contribution in [0.3, 0.4) is 0 Å². The Morgan fingerprint density at radius 3 is 2.29 bits per heavy atom. The monoisotopic (exact) mass is 253 g/mol. The fourth-order valence-electron chi connectivity index (χ4n) is 2.41. The molecule has 1 atom stereocenters. The number of aliphatic hydroxyl groups excluding tert-OH is 1. The second-order valence-electron chi connectivity index (χ2n) is 5.92. The molecule has 0 amide bonds. The maximum absolute atomic E-state index is 12.2. The van der Waals surface area contributed by atoms with Crippen molar-refractivity contribution in [2.24, 2.45) is 5.41 Å². The van der Waals surface area contributed by atoms with Gasteiger partial charge in [0.15, 0.2) is 0 Å². The third kappa shape index (κ3) is 4.84. The summed E-state index contributed by atoms with van der Waals surface area (Å²) in [5.41, 5.74) is -0.583. The van der Waals surface area contributed by atoms with Gasteiger partial charge in [0.2, 0.25) is 0 Å². The van der Waals surface area contributed by atoms with E-state index in [0.29, 0.717) is 12.8 Å². The minimum absolute atomic E-state index is 0.164. The Morgan fingerprint density at radius 1 is 1.12 bits per heavy atom. The van der Waals surface area contributed by atoms with Gasteiger partial charge in [0.05, 0.1) is 13.2 Å². The molecule has 102 valence electrons. The normalized spacial score (nSPS) is 30.0. The zero-order chi connectivity index (χ0) is 13.2. The predicted molar refractivity (Wildman–Crippen MR) is 60.7 cm³/mol. The molecule has 17 heavy (non-hydrogen) atoms. The van der Waals surface area contributed by atoms with E-state index in [0.717, 1.165) is 19.3 Å². The van der Waals surface area contributed by atoms with Gasteiger partial charge in [0.25, 0.3) is 0 Å². The molecule has 1 fully saturated rings. The molecular formula is C12H22F3NO. The second-order valence-corrected chi connectivity index (χ2v) is 5.92. The van der Waals surface area contributed by atoms with Gasteiger partial charge in [-0.05, 0) is 31.1 Å². The molecule has 0 radical (unpaired) electrons. The molecule has 1 rings (SSSR count). The second kappa shape index (κ2) is 5.14. The first-order valence-electron chi connectivity index (χ1n) is 6.11. The molecule has 0 aromatic carbocycles. The van der Waals surface area contributed by atoms with Crippen LogP contribution < -0.4 is 5.32 Å². The summed E-state index contributed by atoms with van der Waals surface area (Å²) in [6.45, 7) is 3.02. The summed E-state index contributed by atoms with van der Waals surface area (Å²) in [7, 11) is 0. The lowest BCUT2D eigenvalue weighted by Crippen LogP contribution is -2.51. The van der Waals surface area contributed by atoms with Crippen LogP contribution >= 0.6 is 0 Å². The van der Waals surface area contributed by atoms with Gasteiger partial charge >= 0.3 is 6.18 Å². The van der Waals surface area contributed by atoms with Crippen LogP contribution in [-0.4, -0.2) is 30.0 Å². The molecule has 5 heteroatoms. The zero-order valence-corrected chi connectivity index (χ0v) is 10.5. The fourth-order valence-corrected chi connectivity index (χ4v) is 2.41. The van der Waals surface area contributed by atoms with Gasteiger partial charge in [-0.3, -0.25) is 0 Å². The highest BCUT2D eigenvalue weighted by atomic mass is 19.4. The molecule has 0 saturated heterocycles. The lowest BCUT2D eigenvalue weighted by atomic mass is 9.83. The Balaban J connectivity index is 2.62. The number of hydrogen-bond donors (Lipinski definition) is 2. The molecule has 0 bridgehead atoms. The molecular weight excluding hydrogens is 231 g/mol. The predicted octanol–water partition coefficient (Wildman–Crippen LogP) is 2.86. The SMILES string of the molecule is CC1(C)CCCC(CO)(NCC(F)(F)F)CC1. The van der Waals surface area contributed by atoms with E-state index in [2.05, 4.69) is 19.2 Å². The van der Waals surface area contributed by atoms with Gasteiger partial charge in [0.1, 0.15) is 0 Å². The summed E-state index contributed by atoms with van der Waals surface area (Å²) in [6, 6.07) is 0. The standard InChI is InChI=1S/C12H22F3NO/c1-10(2)4-3-5-11(9-17,7-6-10)16-8-12(13,14)15/h16-17H,3-9H2,1-2H3. The molecule has 1 saturated carbocycles. The van der Waals surface area contributed by atoms with Crippen LogP contribution in [0.4, 0.5) is 13.2 Å². The van der Waals surface area contributed by atoms with Crippen LogP contribution in [0.2, 0.25) is 0 Å². The van der Waals surface area contributed by atoms with Crippen molar-refractivity contribution < 1.29 is 18.3 Å². The summed E-state index contributed by atoms with van der Waals surface area (Å²) in [5, 5.41) is 11.9. The maximum atomic E-state index is 12.2. The highest BCUT2D eigenvalue weighted by Gasteiger charge is 2.38. The summed E-state index contributed by atoms with van der Waals surface area (Å²) in [5.74, 6) is 0. The zero-order valence-electron chi connectivity index (χ0n) is 10.5. The summed E-state index contributed by atoms with van der Waals surface area (Å²) in [6.07, 6.45) is -0.293. The quantitative estimate of drug-likeness (QED) is 0.758. The molecule has 1 aliphatic carbocycles. The van der Waals surface area contributed by atoms with Gasteiger partial charge in [-0.2, -0.15) is 13.2 Å². The Bertz CT molecular complexity index is 253. The van der Waals surface area contributed by atoms with Crippen molar-refractivity contribution >= 4 is 0 Å². The average Bonchev–Trinajstić information content (AvgIpc) is 2.34. The molecule has 2 nitrogen and oxygen atoms in total. The van der Waals surface area contributed by atoms with Crippen molar-refractivity contribution in [2.75, 3.05) is 13.2 Å². The third-order valence-corrected chi connectivity index (χ3v) is 3.76. The maximum Gasteiger partial charge on any atom is 0.401 e. The van der Waals surface area contributed by atoms with Gasteiger partial charge in [-0.15, -0.1) is 0 Å². The fraction of sp³-hybridized carbons (Fsp3) is 1.00. The first-order valence-corrected chi connectivity index (χ1v) is 6.11. The van der Waals surface area contributed by atoms with E-state index in [1.54, 1.807) is 0 Å². The van der Waals surface area contributed by atoms with Crippen molar-refractivity contribution in [3.63, 3.8) is 0 Å². The van der Waals surface area contributed by atoms with Crippen molar-refractivity contribution in [3.8, 4) is 0 Å². The van der Waals surface area contributed by atoms with Crippen LogP contribution in [-0.2, 0) is 0 Å². The van der Waals surface area contributed by atoms with E-state index in [4.69, 9.17) is 0 Å². The number of aliphatic hydroxyl groups is 1. The Morgan fingerprint density at radius 2 is 1.76 bits per heavy atom. The van der Waals surface area contributed by atoms with Gasteiger partial charge < -0.3 is 10.4 Å². The molecule has 1 aliphatic rings. The van der Waals surface area contributed by atoms with Gasteiger partial charge in [0, 0.05) is 5.54 Å². The van der Waals surface area contributed by atoms with Crippen molar-refractivity contribution in [1.82, 2.24) is 5.32 Å². The molecule has 2 N–H and O–H groups in total. The Kier molecular flexibility index (Phi) is 4.47. The highest BCUT2D eigenvalue weighted by molar-refractivity contribution is 4.93. The number of halogens is 3. The van der Waals surface area contributed by atoms with E-state index in [-0.39, 0.29) is 12.0 Å². The van der Waals surface area contributed by atoms with Gasteiger partial charge in [-0.25, -0.2) is 0 Å². The Hall–Kier alpha value is -0.290. The van der Waals surface area contributed by atoms with E-state index in [1.807, 2.05) is 0 Å². The lowest BCUT2D eigenvalue weighted by molar-refractivity contribution is -0.130. The molecule has 0 heterocycles. The van der Waals surface area contributed by atoms with Crippen LogP contribution in [0.5, 0.6) is 0 Å². The molecule has 0 aromatic heterocycles. The molecule has 0 aromatic rings. The van der Waals surface area contributed by atoms with E-state index >= 15 is 0 Å². The highest BCUT2D eigenvalue weighted by Crippen LogP contribution is 2.38. The average molecular weight is 253 g/mol. The number of hydrogen-bond acceptors (Lipinski definition) is 2. The van der Waals surface area contributed by atoms with E-state index < -0.39 is 18.3 Å². The van der Waals surface area contributed by atoms with Crippen LogP contribution in [0.25, 0.3) is 0 Å². The van der Waals surface area contributed by atoms with Crippen molar-refractivity contribution in [1.29, 1.82) is 0 Å². The number of nitrogens with one attached hydrogen (secondary N) is 1. The smallest absolute Gasteiger partial charge is 0.394 e. The van der Waals surface area contributed by atoms with Crippen molar-refractivity contribution in [3.05, 3.63) is 0 Å². The minimum Gasteiger partial charge on any atom is -0.394 e. The number of rotatable bonds is 3. The summed E-state index contributed by atoms with van der Waals surface area (Å²) < 4.78 is 36.7. The molecule has 1 unspecified atom stereocenters. The summed E-state index contributed by atoms with van der Waals surface area (Å²) >= 11 is 0. The topological polar surface area (TPSA) is 32.3 Å². The summed E-state index contributed by atoms with van der Waals surface area (Å²) in [4.78, 5) is 0. The van der Waals surface area contributed by atoms with Crippen LogP contribution in [0.1, 0.15) is 46.0 Å². The third-order valence-electron chi connectivity index (χ3n) is 3.76. The lowest BCUT2D eigenvalue weighted by Gasteiger charge is -2.33. The molecule has 0 aliphatic heterocycles. The largest absolute Gasteiger partial charge is 0.401 e. The molecule has 0 spiro atoms. The van der Waals surface area contributed by atoms with Crippen molar-refractivity contribution in [2.45, 2.75) is 57.7 Å². The minimum atomic E-state index is -4.22. The van der Waals surface area contributed by atoms with E-state index in [1.165, 1.54) is 0 Å². The van der Waals surface area contributed by atoms with Gasteiger partial charge in [-0.1, -0.05) is 20.3 Å². The Labute approximate surface area is 101 Å². The van der Waals surface area contributed by atoms with E-state index in [9.17, 15) is 18.3 Å². The van der Waals surface area contributed by atoms with Crippen LogP contribution in [0, 0.1) is 5.41 Å². The first kappa shape index (κ1) is 14.8. The first-order chi connectivity index (χ1) is 7.68. The van der Waals surface area contributed by atoms with Crippen LogP contribution in [0.15, 0.2) is 0 Å². The number of alkyl halides is 3.